The molecule has 0 heterocycles. The van der Waals surface area contributed by atoms with Crippen molar-refractivity contribution in [1.82, 2.24) is 0 Å². The predicted octanol–water partition coefficient (Wildman–Crippen LogP) is 11.3. The van der Waals surface area contributed by atoms with Crippen LogP contribution in [0.4, 0.5) is 0 Å². The highest BCUT2D eigenvalue weighted by Crippen LogP contribution is 2.43. The third kappa shape index (κ3) is 39.9. The molecular formula is C44H79O10P. The Morgan fingerprint density at radius 2 is 0.945 bits per heavy atom. The maximum Gasteiger partial charge on any atom is 0.472 e. The third-order valence-corrected chi connectivity index (χ3v) is 9.91. The van der Waals surface area contributed by atoms with Crippen LogP contribution in [0, 0.1) is 0 Å². The van der Waals surface area contributed by atoms with Crippen LogP contribution in [0.2, 0.25) is 0 Å². The molecule has 55 heavy (non-hydrogen) atoms. The van der Waals surface area contributed by atoms with Gasteiger partial charge >= 0.3 is 19.8 Å². The summed E-state index contributed by atoms with van der Waals surface area (Å²) in [5.41, 5.74) is 0. The molecule has 3 atom stereocenters. The van der Waals surface area contributed by atoms with Crippen LogP contribution in [0.5, 0.6) is 0 Å². The van der Waals surface area contributed by atoms with Crippen molar-refractivity contribution < 1.29 is 47.8 Å². The van der Waals surface area contributed by atoms with Crippen LogP contribution in [0.1, 0.15) is 181 Å². The first-order chi connectivity index (χ1) is 26.7. The zero-order chi connectivity index (χ0) is 40.5. The second-order valence-corrected chi connectivity index (χ2v) is 15.8. The fraction of sp³-hybridized carbons (Fsp3) is 0.773. The molecular weight excluding hydrogens is 719 g/mol. The van der Waals surface area contributed by atoms with Gasteiger partial charge in [0.15, 0.2) is 6.10 Å². The van der Waals surface area contributed by atoms with Crippen LogP contribution in [0.15, 0.2) is 48.6 Å². The van der Waals surface area contributed by atoms with Crippen LogP contribution in [-0.4, -0.2) is 65.7 Å². The van der Waals surface area contributed by atoms with E-state index in [1.165, 1.54) is 77.0 Å². The van der Waals surface area contributed by atoms with Crippen molar-refractivity contribution in [2.45, 2.75) is 193 Å². The second-order valence-electron chi connectivity index (χ2n) is 14.4. The summed E-state index contributed by atoms with van der Waals surface area (Å²) >= 11 is 0. The monoisotopic (exact) mass is 799 g/mol. The molecule has 0 aliphatic rings. The summed E-state index contributed by atoms with van der Waals surface area (Å²) in [7, 11) is -4.62. The number of phosphoric acid groups is 1. The highest BCUT2D eigenvalue weighted by molar-refractivity contribution is 7.47. The molecule has 0 saturated heterocycles. The number of ether oxygens (including phenoxy) is 2. The summed E-state index contributed by atoms with van der Waals surface area (Å²) in [6.07, 6.45) is 42.1. The molecule has 0 fully saturated rings. The van der Waals surface area contributed by atoms with Gasteiger partial charge in [-0.15, -0.1) is 0 Å². The van der Waals surface area contributed by atoms with Crippen molar-refractivity contribution in [3.05, 3.63) is 48.6 Å². The first-order valence-electron chi connectivity index (χ1n) is 21.6. The quantitative estimate of drug-likeness (QED) is 0.0237. The SMILES string of the molecule is CCCCCC=CCC=CCC=CCCCCCCC(=O)O[C@H](COC(=O)CCCCCCCCCC=CCCCCCC)COP(=O)(O)OC[C@@H](O)CO. The average Bonchev–Trinajstić information content (AvgIpc) is 3.17. The topological polar surface area (TPSA) is 149 Å². The minimum absolute atomic E-state index is 0.157. The number of carbonyl (C=O) groups is 2. The highest BCUT2D eigenvalue weighted by Gasteiger charge is 2.27. The Labute approximate surface area is 334 Å². The smallest absolute Gasteiger partial charge is 0.462 e. The summed E-state index contributed by atoms with van der Waals surface area (Å²) in [5.74, 6) is -0.956. The van der Waals surface area contributed by atoms with E-state index >= 15 is 0 Å². The van der Waals surface area contributed by atoms with Crippen LogP contribution in [0.25, 0.3) is 0 Å². The maximum absolute atomic E-state index is 12.6. The number of carbonyl (C=O) groups excluding carboxylic acids is 2. The lowest BCUT2D eigenvalue weighted by atomic mass is 10.1. The van der Waals surface area contributed by atoms with Crippen LogP contribution < -0.4 is 0 Å². The largest absolute Gasteiger partial charge is 0.472 e. The summed E-state index contributed by atoms with van der Waals surface area (Å²) in [4.78, 5) is 35.0. The standard InChI is InChI=1S/C44H79O10P/c1-3-5-7-9-11-13-15-17-19-20-22-24-26-28-30-32-34-36-44(48)54-42(40-53-55(49,50)52-38-41(46)37-45)39-51-43(47)35-33-31-29-27-25-23-21-18-16-14-12-10-8-6-4-2/h11,13-14,16-17,19,22,24,41-42,45-46H,3-10,12,15,18,20-21,23,25-40H2,1-2H3,(H,49,50)/t41-,42+/m0/s1. The maximum atomic E-state index is 12.6. The van der Waals surface area contributed by atoms with Crippen molar-refractivity contribution >= 4 is 19.8 Å². The zero-order valence-corrected chi connectivity index (χ0v) is 35.5. The van der Waals surface area contributed by atoms with Crippen molar-refractivity contribution in [3.8, 4) is 0 Å². The first-order valence-corrected chi connectivity index (χ1v) is 23.1. The number of phosphoric ester groups is 1. The van der Waals surface area contributed by atoms with E-state index in [9.17, 15) is 24.2 Å². The Morgan fingerprint density at radius 3 is 1.47 bits per heavy atom. The van der Waals surface area contributed by atoms with Gasteiger partial charge < -0.3 is 24.6 Å². The number of aliphatic hydroxyl groups is 2. The normalized spacial score (nSPS) is 14.3. The van der Waals surface area contributed by atoms with Gasteiger partial charge in [0.1, 0.15) is 12.7 Å². The van der Waals surface area contributed by atoms with Crippen molar-refractivity contribution in [2.24, 2.45) is 0 Å². The predicted molar refractivity (Wildman–Crippen MR) is 224 cm³/mol. The van der Waals surface area contributed by atoms with Gasteiger partial charge in [-0.2, -0.15) is 0 Å². The molecule has 0 aromatic carbocycles. The molecule has 0 spiro atoms. The first kappa shape index (κ1) is 52.9. The number of aliphatic hydroxyl groups excluding tert-OH is 2. The molecule has 11 heteroatoms. The van der Waals surface area contributed by atoms with Crippen LogP contribution in [-0.2, 0) is 32.7 Å². The van der Waals surface area contributed by atoms with Crippen LogP contribution >= 0.6 is 7.82 Å². The van der Waals surface area contributed by atoms with E-state index in [0.717, 1.165) is 64.2 Å². The van der Waals surface area contributed by atoms with E-state index in [0.29, 0.717) is 12.8 Å². The number of rotatable bonds is 40. The minimum atomic E-state index is -4.62. The molecule has 0 bridgehead atoms. The summed E-state index contributed by atoms with van der Waals surface area (Å²) in [6, 6.07) is 0. The number of hydrogen-bond acceptors (Lipinski definition) is 9. The van der Waals surface area contributed by atoms with E-state index in [-0.39, 0.29) is 19.4 Å². The number of unbranched alkanes of at least 4 members (excludes halogenated alkanes) is 18. The summed E-state index contributed by atoms with van der Waals surface area (Å²) < 4.78 is 32.7. The molecule has 1 unspecified atom stereocenters. The zero-order valence-electron chi connectivity index (χ0n) is 34.6. The molecule has 0 saturated carbocycles. The number of allylic oxidation sites excluding steroid dienone is 8. The second kappa shape index (κ2) is 40.1. The van der Waals surface area contributed by atoms with Gasteiger partial charge in [0, 0.05) is 12.8 Å². The molecule has 0 aromatic heterocycles. The van der Waals surface area contributed by atoms with Crippen molar-refractivity contribution in [1.29, 1.82) is 0 Å². The van der Waals surface area contributed by atoms with Gasteiger partial charge in [-0.25, -0.2) is 4.57 Å². The third-order valence-electron chi connectivity index (χ3n) is 8.96. The molecule has 0 amide bonds. The lowest BCUT2D eigenvalue weighted by Crippen LogP contribution is -2.29. The molecule has 0 aliphatic heterocycles. The molecule has 320 valence electrons. The Bertz CT molecular complexity index is 1060. The Kier molecular flexibility index (Phi) is 38.6. The van der Waals surface area contributed by atoms with Gasteiger partial charge in [-0.05, 0) is 77.0 Å². The summed E-state index contributed by atoms with van der Waals surface area (Å²) in [5, 5.41) is 18.3. The van der Waals surface area contributed by atoms with Crippen molar-refractivity contribution in [2.75, 3.05) is 26.4 Å². The molecule has 0 aromatic rings. The Morgan fingerprint density at radius 1 is 0.545 bits per heavy atom. The van der Waals surface area contributed by atoms with Crippen LogP contribution in [0.3, 0.4) is 0 Å². The molecule has 0 radical (unpaired) electrons. The van der Waals surface area contributed by atoms with Gasteiger partial charge in [0.2, 0.25) is 0 Å². The Hall–Kier alpha value is -2.07. The molecule has 0 rings (SSSR count). The fourth-order valence-corrected chi connectivity index (χ4v) is 6.37. The van der Waals surface area contributed by atoms with E-state index in [4.69, 9.17) is 19.1 Å². The van der Waals surface area contributed by atoms with Crippen molar-refractivity contribution in [3.63, 3.8) is 0 Å². The molecule has 10 nitrogen and oxygen atoms in total. The van der Waals surface area contributed by atoms with E-state index < -0.39 is 51.8 Å². The average molecular weight is 799 g/mol. The van der Waals surface area contributed by atoms with Gasteiger partial charge in [-0.1, -0.05) is 140 Å². The van der Waals surface area contributed by atoms with E-state index in [1.807, 2.05) is 0 Å². The van der Waals surface area contributed by atoms with Gasteiger partial charge in [0.05, 0.1) is 19.8 Å². The lowest BCUT2D eigenvalue weighted by molar-refractivity contribution is -0.161. The number of hydrogen-bond donors (Lipinski definition) is 3. The molecule has 0 aliphatic carbocycles. The highest BCUT2D eigenvalue weighted by atomic mass is 31.2. The number of esters is 2. The Balaban J connectivity index is 4.36. The molecule has 3 N–H and O–H groups in total. The van der Waals surface area contributed by atoms with E-state index in [1.54, 1.807) is 0 Å². The van der Waals surface area contributed by atoms with Gasteiger partial charge in [-0.3, -0.25) is 18.6 Å². The summed E-state index contributed by atoms with van der Waals surface area (Å²) in [6.45, 7) is 2.30. The lowest BCUT2D eigenvalue weighted by Gasteiger charge is -2.20. The van der Waals surface area contributed by atoms with E-state index in [2.05, 4.69) is 67.0 Å². The fourth-order valence-electron chi connectivity index (χ4n) is 5.58. The minimum Gasteiger partial charge on any atom is -0.462 e. The van der Waals surface area contributed by atoms with Gasteiger partial charge in [0.25, 0.3) is 0 Å².